The quantitative estimate of drug-likeness (QED) is 0.692. The number of carbonyl (C=O) groups is 1. The number of anilines is 1. The van der Waals surface area contributed by atoms with Crippen LogP contribution in [0.3, 0.4) is 0 Å². The second-order valence-corrected chi connectivity index (χ2v) is 4.48. The summed E-state index contributed by atoms with van der Waals surface area (Å²) in [5, 5.41) is 2.93. The smallest absolute Gasteiger partial charge is 0.187 e. The van der Waals surface area contributed by atoms with Crippen LogP contribution in [0, 0.1) is 0 Å². The molecule has 0 atom stereocenters. The first-order valence-electron chi connectivity index (χ1n) is 5.40. The van der Waals surface area contributed by atoms with Gasteiger partial charge in [0.1, 0.15) is 5.82 Å². The summed E-state index contributed by atoms with van der Waals surface area (Å²) in [6.07, 6.45) is 4.76. The molecule has 1 aromatic carbocycles. The van der Waals surface area contributed by atoms with E-state index in [-0.39, 0.29) is 5.78 Å². The molecule has 18 heavy (non-hydrogen) atoms. The van der Waals surface area contributed by atoms with Crippen molar-refractivity contribution in [2.24, 2.45) is 0 Å². The molecule has 1 aromatic heterocycles. The molecule has 0 bridgehead atoms. The lowest BCUT2D eigenvalue weighted by Crippen LogP contribution is -1.96. The van der Waals surface area contributed by atoms with Crippen LogP contribution in [-0.4, -0.2) is 10.8 Å². The minimum atomic E-state index is -0.0501. The Morgan fingerprint density at radius 3 is 2.61 bits per heavy atom. The fraction of sp³-hybridized carbons (Fsp3) is 0. The summed E-state index contributed by atoms with van der Waals surface area (Å²) in [4.78, 5) is 15.9. The molecule has 0 spiro atoms. The van der Waals surface area contributed by atoms with Crippen molar-refractivity contribution in [3.63, 3.8) is 0 Å². The predicted octanol–water partition coefficient (Wildman–Crippen LogP) is 3.65. The molecule has 0 radical (unpaired) electrons. The zero-order valence-electron chi connectivity index (χ0n) is 9.51. The third-order valence-corrected chi connectivity index (χ3v) is 2.79. The van der Waals surface area contributed by atoms with Crippen LogP contribution in [0.4, 0.5) is 5.82 Å². The zero-order chi connectivity index (χ0) is 12.8. The molecule has 0 amide bonds. The zero-order valence-corrected chi connectivity index (χ0v) is 11.1. The average molecular weight is 303 g/mol. The Morgan fingerprint density at radius 2 is 1.94 bits per heavy atom. The van der Waals surface area contributed by atoms with Crippen molar-refractivity contribution in [1.82, 2.24) is 4.98 Å². The first kappa shape index (κ1) is 12.5. The molecular formula is C14H11BrN2O. The van der Waals surface area contributed by atoms with E-state index in [9.17, 15) is 4.79 Å². The number of allylic oxidation sites excluding steroid dienone is 1. The average Bonchev–Trinajstić information content (AvgIpc) is 2.40. The van der Waals surface area contributed by atoms with Gasteiger partial charge in [-0.2, -0.15) is 0 Å². The van der Waals surface area contributed by atoms with E-state index in [4.69, 9.17) is 0 Å². The number of rotatable bonds is 4. The minimum absolute atomic E-state index is 0.0501. The van der Waals surface area contributed by atoms with E-state index in [0.717, 1.165) is 4.47 Å². The SMILES string of the molecule is O=C(/C=C/Nc1ccccn1)c1ccc(Br)cc1. The van der Waals surface area contributed by atoms with Crippen LogP contribution in [-0.2, 0) is 0 Å². The van der Waals surface area contributed by atoms with Crippen LogP contribution >= 0.6 is 15.9 Å². The number of pyridine rings is 1. The van der Waals surface area contributed by atoms with Crippen molar-refractivity contribution < 1.29 is 4.79 Å². The molecule has 0 aliphatic rings. The van der Waals surface area contributed by atoms with Gasteiger partial charge in [0.2, 0.25) is 0 Å². The van der Waals surface area contributed by atoms with Gasteiger partial charge in [0.05, 0.1) is 0 Å². The highest BCUT2D eigenvalue weighted by Gasteiger charge is 2.00. The van der Waals surface area contributed by atoms with Crippen molar-refractivity contribution in [3.8, 4) is 0 Å². The summed E-state index contributed by atoms with van der Waals surface area (Å²) >= 11 is 3.33. The normalized spacial score (nSPS) is 10.5. The van der Waals surface area contributed by atoms with E-state index in [1.165, 1.54) is 6.08 Å². The number of benzene rings is 1. The molecule has 0 fully saturated rings. The van der Waals surface area contributed by atoms with Gasteiger partial charge < -0.3 is 5.32 Å². The Balaban J connectivity index is 1.97. The fourth-order valence-corrected chi connectivity index (χ4v) is 1.63. The molecule has 0 saturated heterocycles. The van der Waals surface area contributed by atoms with Gasteiger partial charge in [-0.05, 0) is 36.4 Å². The van der Waals surface area contributed by atoms with E-state index in [2.05, 4.69) is 26.2 Å². The molecule has 1 N–H and O–H groups in total. The number of ketones is 1. The maximum Gasteiger partial charge on any atom is 0.187 e. The third kappa shape index (κ3) is 3.53. The van der Waals surface area contributed by atoms with E-state index in [1.807, 2.05) is 30.3 Å². The second kappa shape index (κ2) is 6.12. The molecule has 2 rings (SSSR count). The molecule has 0 aliphatic carbocycles. The maximum atomic E-state index is 11.8. The fourth-order valence-electron chi connectivity index (χ4n) is 1.36. The van der Waals surface area contributed by atoms with Crippen LogP contribution in [0.25, 0.3) is 0 Å². The number of halogens is 1. The first-order valence-corrected chi connectivity index (χ1v) is 6.19. The molecule has 1 heterocycles. The van der Waals surface area contributed by atoms with Gasteiger partial charge in [-0.25, -0.2) is 4.98 Å². The summed E-state index contributed by atoms with van der Waals surface area (Å²) in [5.41, 5.74) is 0.650. The number of nitrogens with one attached hydrogen (secondary N) is 1. The summed E-state index contributed by atoms with van der Waals surface area (Å²) in [5.74, 6) is 0.656. The number of hydrogen-bond donors (Lipinski definition) is 1. The van der Waals surface area contributed by atoms with Crippen molar-refractivity contribution in [2.45, 2.75) is 0 Å². The standard InChI is InChI=1S/C14H11BrN2O/c15-12-6-4-11(5-7-12)13(18)8-10-17-14-3-1-2-9-16-14/h1-10H,(H,16,17)/b10-8+. The molecule has 2 aromatic rings. The Labute approximate surface area is 114 Å². The van der Waals surface area contributed by atoms with E-state index in [0.29, 0.717) is 11.4 Å². The highest BCUT2D eigenvalue weighted by molar-refractivity contribution is 9.10. The predicted molar refractivity (Wildman–Crippen MR) is 75.5 cm³/mol. The maximum absolute atomic E-state index is 11.8. The van der Waals surface area contributed by atoms with Gasteiger partial charge >= 0.3 is 0 Å². The van der Waals surface area contributed by atoms with Crippen molar-refractivity contribution in [1.29, 1.82) is 0 Å². The molecule has 0 aliphatic heterocycles. The van der Waals surface area contributed by atoms with E-state index in [1.54, 1.807) is 24.5 Å². The van der Waals surface area contributed by atoms with Crippen LogP contribution in [0.15, 0.2) is 65.4 Å². The topological polar surface area (TPSA) is 42.0 Å². The molecule has 90 valence electrons. The summed E-state index contributed by atoms with van der Waals surface area (Å²) in [6.45, 7) is 0. The Hall–Kier alpha value is -1.94. The first-order chi connectivity index (χ1) is 8.75. The van der Waals surface area contributed by atoms with Gasteiger partial charge in [-0.3, -0.25) is 4.79 Å². The Bertz CT molecular complexity index is 550. The number of hydrogen-bond acceptors (Lipinski definition) is 3. The van der Waals surface area contributed by atoms with Gasteiger partial charge in [0, 0.05) is 28.5 Å². The monoisotopic (exact) mass is 302 g/mol. The molecule has 0 saturated carbocycles. The van der Waals surface area contributed by atoms with Gasteiger partial charge in [-0.15, -0.1) is 0 Å². The molecule has 4 heteroatoms. The highest BCUT2D eigenvalue weighted by Crippen LogP contribution is 2.11. The van der Waals surface area contributed by atoms with E-state index >= 15 is 0 Å². The largest absolute Gasteiger partial charge is 0.347 e. The van der Waals surface area contributed by atoms with Crippen molar-refractivity contribution >= 4 is 27.5 Å². The number of carbonyl (C=O) groups excluding carboxylic acids is 1. The molecule has 0 unspecified atom stereocenters. The van der Waals surface area contributed by atoms with Crippen molar-refractivity contribution in [2.75, 3.05) is 5.32 Å². The van der Waals surface area contributed by atoms with Crippen LogP contribution < -0.4 is 5.32 Å². The van der Waals surface area contributed by atoms with Gasteiger partial charge in [0.15, 0.2) is 5.78 Å². The lowest BCUT2D eigenvalue weighted by molar-refractivity contribution is 0.104. The summed E-state index contributed by atoms with van der Waals surface area (Å²) < 4.78 is 0.953. The van der Waals surface area contributed by atoms with Crippen molar-refractivity contribution in [3.05, 3.63) is 71.0 Å². The Morgan fingerprint density at radius 1 is 1.17 bits per heavy atom. The van der Waals surface area contributed by atoms with Gasteiger partial charge in [-0.1, -0.05) is 22.0 Å². The molecular weight excluding hydrogens is 292 g/mol. The number of nitrogens with zero attached hydrogens (tertiary/aromatic N) is 1. The lowest BCUT2D eigenvalue weighted by atomic mass is 10.1. The second-order valence-electron chi connectivity index (χ2n) is 3.56. The lowest BCUT2D eigenvalue weighted by Gasteiger charge is -1.98. The summed E-state index contributed by atoms with van der Waals surface area (Å²) in [6, 6.07) is 12.8. The third-order valence-electron chi connectivity index (χ3n) is 2.26. The minimum Gasteiger partial charge on any atom is -0.347 e. The van der Waals surface area contributed by atoms with Crippen LogP contribution in [0.5, 0.6) is 0 Å². The summed E-state index contributed by atoms with van der Waals surface area (Å²) in [7, 11) is 0. The number of aromatic nitrogens is 1. The van der Waals surface area contributed by atoms with Crippen LogP contribution in [0.2, 0.25) is 0 Å². The highest BCUT2D eigenvalue weighted by atomic mass is 79.9. The van der Waals surface area contributed by atoms with Crippen LogP contribution in [0.1, 0.15) is 10.4 Å². The van der Waals surface area contributed by atoms with Gasteiger partial charge in [0.25, 0.3) is 0 Å². The van der Waals surface area contributed by atoms with E-state index < -0.39 is 0 Å². The Kier molecular flexibility index (Phi) is 4.25. The molecule has 3 nitrogen and oxygen atoms in total.